The van der Waals surface area contributed by atoms with Crippen LogP contribution in [0.2, 0.25) is 0 Å². The Balaban J connectivity index is 1.90. The molecule has 0 saturated carbocycles. The molecule has 0 saturated heterocycles. The van der Waals surface area contributed by atoms with E-state index in [1.807, 2.05) is 0 Å². The molecule has 0 radical (unpaired) electrons. The first-order chi connectivity index (χ1) is 16.2. The number of hydrogen-bond donors (Lipinski definition) is 7. The quantitative estimate of drug-likeness (QED) is 0.165. The summed E-state index contributed by atoms with van der Waals surface area (Å²) >= 11 is 0. The van der Waals surface area contributed by atoms with Crippen molar-refractivity contribution in [3.05, 3.63) is 54.1 Å². The number of carbonyl (C=O) groups is 5. The van der Waals surface area contributed by atoms with Crippen molar-refractivity contribution < 1.29 is 29.1 Å². The first kappa shape index (κ1) is 26.0. The van der Waals surface area contributed by atoms with Crippen molar-refractivity contribution in [1.29, 1.82) is 0 Å². The second-order valence-electron chi connectivity index (χ2n) is 7.48. The Hall–Kier alpha value is -4.26. The van der Waals surface area contributed by atoms with Crippen LogP contribution in [0.4, 0.5) is 0 Å². The summed E-state index contributed by atoms with van der Waals surface area (Å²) in [6.45, 7) is -0.581. The molecule has 2 rings (SSSR count). The maximum atomic E-state index is 12.5. The molecule has 1 aromatic carbocycles. The topological polar surface area (TPSA) is 222 Å². The fourth-order valence-electron chi connectivity index (χ4n) is 3.00. The fourth-order valence-corrected chi connectivity index (χ4v) is 3.00. The highest BCUT2D eigenvalue weighted by molar-refractivity contribution is 5.95. The van der Waals surface area contributed by atoms with E-state index in [9.17, 15) is 29.1 Å². The van der Waals surface area contributed by atoms with Gasteiger partial charge in [0.25, 0.3) is 0 Å². The van der Waals surface area contributed by atoms with Crippen LogP contribution in [0.5, 0.6) is 0 Å². The summed E-state index contributed by atoms with van der Waals surface area (Å²) < 4.78 is 0. The van der Waals surface area contributed by atoms with E-state index in [4.69, 9.17) is 11.5 Å². The van der Waals surface area contributed by atoms with Gasteiger partial charge in [-0.3, -0.25) is 19.2 Å². The van der Waals surface area contributed by atoms with E-state index in [-0.39, 0.29) is 12.8 Å². The van der Waals surface area contributed by atoms with E-state index >= 15 is 0 Å². The van der Waals surface area contributed by atoms with Crippen LogP contribution < -0.4 is 27.4 Å². The van der Waals surface area contributed by atoms with Crippen LogP contribution in [-0.4, -0.2) is 69.3 Å². The van der Waals surface area contributed by atoms with Crippen LogP contribution >= 0.6 is 0 Å². The van der Waals surface area contributed by atoms with Gasteiger partial charge in [-0.1, -0.05) is 30.3 Å². The summed E-state index contributed by atoms with van der Waals surface area (Å²) in [7, 11) is 0. The molecule has 4 amide bonds. The number of carbonyl (C=O) groups excluding carboxylic acids is 4. The number of nitrogens with zero attached hydrogens (tertiary/aromatic N) is 1. The van der Waals surface area contributed by atoms with Gasteiger partial charge >= 0.3 is 5.97 Å². The number of nitrogens with one attached hydrogen (secondary N) is 4. The standard InChI is InChI=1S/C21H27N7O6/c22-14(7-13-9-24-11-26-13)19(31)28-15(8-17(23)29)20(32)25-10-18(30)27-16(21(33)34)6-12-4-2-1-3-5-12/h1-5,9,11,14-16H,6-8,10,22H2,(H2,23,29)(H,24,26)(H,25,32)(H,27,30)(H,28,31)(H,33,34). The Bertz CT molecular complexity index is 996. The molecule has 9 N–H and O–H groups in total. The van der Waals surface area contributed by atoms with Crippen molar-refractivity contribution >= 4 is 29.6 Å². The van der Waals surface area contributed by atoms with Crippen molar-refractivity contribution in [2.75, 3.05) is 6.54 Å². The maximum Gasteiger partial charge on any atom is 0.326 e. The van der Waals surface area contributed by atoms with Gasteiger partial charge in [0.1, 0.15) is 12.1 Å². The number of rotatable bonds is 13. The van der Waals surface area contributed by atoms with Gasteiger partial charge in [-0.05, 0) is 5.56 Å². The molecule has 13 nitrogen and oxygen atoms in total. The minimum Gasteiger partial charge on any atom is -0.480 e. The van der Waals surface area contributed by atoms with Crippen LogP contribution in [-0.2, 0) is 36.8 Å². The number of aliphatic carboxylic acids is 1. The van der Waals surface area contributed by atoms with Crippen molar-refractivity contribution in [3.8, 4) is 0 Å². The van der Waals surface area contributed by atoms with Gasteiger partial charge in [-0.25, -0.2) is 9.78 Å². The molecule has 0 fully saturated rings. The number of aromatic amines is 1. The lowest BCUT2D eigenvalue weighted by molar-refractivity contribution is -0.141. The molecule has 182 valence electrons. The maximum absolute atomic E-state index is 12.5. The molecule has 34 heavy (non-hydrogen) atoms. The number of imidazole rings is 1. The summed E-state index contributed by atoms with van der Waals surface area (Å²) in [5.41, 5.74) is 12.3. The normalized spacial score (nSPS) is 13.2. The second-order valence-corrected chi connectivity index (χ2v) is 7.48. The van der Waals surface area contributed by atoms with Crippen LogP contribution in [0.1, 0.15) is 17.7 Å². The van der Waals surface area contributed by atoms with Gasteiger partial charge in [0, 0.05) is 24.7 Å². The van der Waals surface area contributed by atoms with Crippen LogP contribution in [0, 0.1) is 0 Å². The van der Waals surface area contributed by atoms with E-state index in [1.165, 1.54) is 12.5 Å². The molecular weight excluding hydrogens is 446 g/mol. The van der Waals surface area contributed by atoms with Crippen molar-refractivity contribution in [2.24, 2.45) is 11.5 Å². The van der Waals surface area contributed by atoms with E-state index < -0.39 is 60.7 Å². The summed E-state index contributed by atoms with van der Waals surface area (Å²) in [6, 6.07) is 5.07. The molecule has 3 atom stereocenters. The number of primary amides is 1. The molecular formula is C21H27N7O6. The predicted octanol–water partition coefficient (Wildman–Crippen LogP) is -2.43. The Kier molecular flexibility index (Phi) is 9.71. The molecule has 0 bridgehead atoms. The first-order valence-corrected chi connectivity index (χ1v) is 10.3. The summed E-state index contributed by atoms with van der Waals surface area (Å²) in [5.74, 6) is -4.44. The van der Waals surface area contributed by atoms with Crippen LogP contribution in [0.3, 0.4) is 0 Å². The molecule has 2 aromatic rings. The molecule has 1 aromatic heterocycles. The van der Waals surface area contributed by atoms with E-state index in [0.717, 1.165) is 0 Å². The molecule has 3 unspecified atom stereocenters. The monoisotopic (exact) mass is 473 g/mol. The highest BCUT2D eigenvalue weighted by Gasteiger charge is 2.27. The van der Waals surface area contributed by atoms with Crippen LogP contribution in [0.25, 0.3) is 0 Å². The number of carboxylic acids is 1. The number of H-pyrrole nitrogens is 1. The lowest BCUT2D eigenvalue weighted by atomic mass is 10.1. The molecule has 1 heterocycles. The summed E-state index contributed by atoms with van der Waals surface area (Å²) in [4.78, 5) is 66.5. The Labute approximate surface area is 194 Å². The van der Waals surface area contributed by atoms with E-state index in [0.29, 0.717) is 11.3 Å². The highest BCUT2D eigenvalue weighted by atomic mass is 16.4. The number of carboxylic acid groups (broad SMARTS) is 1. The minimum absolute atomic E-state index is 0.0461. The summed E-state index contributed by atoms with van der Waals surface area (Å²) in [6.07, 6.45) is 2.54. The van der Waals surface area contributed by atoms with Gasteiger partial charge < -0.3 is 37.5 Å². The third-order valence-corrected chi connectivity index (χ3v) is 4.71. The van der Waals surface area contributed by atoms with Gasteiger partial charge in [-0.15, -0.1) is 0 Å². The Morgan fingerprint density at radius 1 is 1.00 bits per heavy atom. The average Bonchev–Trinajstić information content (AvgIpc) is 3.29. The molecule has 0 aliphatic carbocycles. The zero-order valence-electron chi connectivity index (χ0n) is 18.2. The van der Waals surface area contributed by atoms with Crippen LogP contribution in [0.15, 0.2) is 42.9 Å². The molecule has 0 spiro atoms. The summed E-state index contributed by atoms with van der Waals surface area (Å²) in [5, 5.41) is 16.3. The van der Waals surface area contributed by atoms with Gasteiger partial charge in [-0.2, -0.15) is 0 Å². The first-order valence-electron chi connectivity index (χ1n) is 10.3. The second kappa shape index (κ2) is 12.7. The lowest BCUT2D eigenvalue weighted by Gasteiger charge is -2.20. The third kappa shape index (κ3) is 8.70. The zero-order valence-corrected chi connectivity index (χ0v) is 18.2. The fraction of sp³-hybridized carbons (Fsp3) is 0.333. The predicted molar refractivity (Wildman–Crippen MR) is 119 cm³/mol. The van der Waals surface area contributed by atoms with Gasteiger partial charge in [0.2, 0.25) is 23.6 Å². The Morgan fingerprint density at radius 3 is 2.29 bits per heavy atom. The number of aromatic nitrogens is 2. The Morgan fingerprint density at radius 2 is 1.71 bits per heavy atom. The van der Waals surface area contributed by atoms with Crippen molar-refractivity contribution in [1.82, 2.24) is 25.9 Å². The van der Waals surface area contributed by atoms with Gasteiger partial charge in [0.15, 0.2) is 0 Å². The zero-order chi connectivity index (χ0) is 25.1. The van der Waals surface area contributed by atoms with Crippen molar-refractivity contribution in [2.45, 2.75) is 37.4 Å². The number of hydrogen-bond acceptors (Lipinski definition) is 7. The minimum atomic E-state index is -1.37. The molecule has 0 aliphatic rings. The largest absolute Gasteiger partial charge is 0.480 e. The van der Waals surface area contributed by atoms with Crippen molar-refractivity contribution in [3.63, 3.8) is 0 Å². The average molecular weight is 473 g/mol. The van der Waals surface area contributed by atoms with E-state index in [2.05, 4.69) is 25.9 Å². The van der Waals surface area contributed by atoms with Gasteiger partial charge in [0.05, 0.1) is 25.3 Å². The molecule has 0 aliphatic heterocycles. The molecule has 13 heteroatoms. The van der Waals surface area contributed by atoms with E-state index in [1.54, 1.807) is 30.3 Å². The highest BCUT2D eigenvalue weighted by Crippen LogP contribution is 2.04. The SMILES string of the molecule is NC(=O)CC(NC(=O)C(N)Cc1cnc[nH]1)C(=O)NCC(=O)NC(Cc1ccccc1)C(=O)O. The third-order valence-electron chi connectivity index (χ3n) is 4.71. The number of amides is 4. The lowest BCUT2D eigenvalue weighted by Crippen LogP contribution is -2.54. The number of benzene rings is 1. The smallest absolute Gasteiger partial charge is 0.326 e. The number of nitrogens with two attached hydrogens (primary N) is 2.